The minimum Gasteiger partial charge on any atom is -0.467 e. The third-order valence-electron chi connectivity index (χ3n) is 2.88. The van der Waals surface area contributed by atoms with Crippen molar-refractivity contribution in [2.75, 3.05) is 0 Å². The summed E-state index contributed by atoms with van der Waals surface area (Å²) >= 11 is 0. The standard InChI is InChI=1S/C14H16O2/c1-2-12(11-7-4-3-5-8-11)14(15)13-9-6-10-16-13/h3-10,12,14-15H,2H2,1H3. The van der Waals surface area contributed by atoms with E-state index >= 15 is 0 Å². The second kappa shape index (κ2) is 4.99. The predicted octanol–water partition coefficient (Wildman–Crippen LogP) is 3.51. The molecule has 0 saturated carbocycles. The highest BCUT2D eigenvalue weighted by Gasteiger charge is 2.22. The second-order valence-electron chi connectivity index (χ2n) is 3.89. The van der Waals surface area contributed by atoms with E-state index in [1.54, 1.807) is 12.3 Å². The van der Waals surface area contributed by atoms with Gasteiger partial charge in [0.15, 0.2) is 0 Å². The Balaban J connectivity index is 2.23. The largest absolute Gasteiger partial charge is 0.467 e. The summed E-state index contributed by atoms with van der Waals surface area (Å²) in [5, 5.41) is 10.2. The molecule has 1 aromatic heterocycles. The molecule has 2 heteroatoms. The first-order valence-electron chi connectivity index (χ1n) is 5.59. The summed E-state index contributed by atoms with van der Waals surface area (Å²) in [6.07, 6.45) is 1.91. The van der Waals surface area contributed by atoms with Crippen molar-refractivity contribution in [3.63, 3.8) is 0 Å². The van der Waals surface area contributed by atoms with Gasteiger partial charge in [-0.05, 0) is 24.1 Å². The van der Waals surface area contributed by atoms with E-state index in [-0.39, 0.29) is 5.92 Å². The van der Waals surface area contributed by atoms with Crippen LogP contribution in [-0.4, -0.2) is 5.11 Å². The average Bonchev–Trinajstić information content (AvgIpc) is 2.85. The lowest BCUT2D eigenvalue weighted by Crippen LogP contribution is -2.09. The summed E-state index contributed by atoms with van der Waals surface area (Å²) < 4.78 is 5.25. The normalized spacial score (nSPS) is 14.6. The molecular formula is C14H16O2. The van der Waals surface area contributed by atoms with Crippen molar-refractivity contribution in [2.45, 2.75) is 25.4 Å². The summed E-state index contributed by atoms with van der Waals surface area (Å²) in [6.45, 7) is 2.07. The second-order valence-corrected chi connectivity index (χ2v) is 3.89. The van der Waals surface area contributed by atoms with Gasteiger partial charge in [0.25, 0.3) is 0 Å². The van der Waals surface area contributed by atoms with E-state index in [0.717, 1.165) is 12.0 Å². The maximum atomic E-state index is 10.2. The molecule has 2 nitrogen and oxygen atoms in total. The zero-order valence-corrected chi connectivity index (χ0v) is 9.34. The number of aliphatic hydroxyl groups is 1. The van der Waals surface area contributed by atoms with Crippen LogP contribution in [0.4, 0.5) is 0 Å². The molecule has 0 aliphatic heterocycles. The molecule has 1 heterocycles. The highest BCUT2D eigenvalue weighted by molar-refractivity contribution is 5.22. The van der Waals surface area contributed by atoms with Gasteiger partial charge in [0, 0.05) is 5.92 Å². The minimum atomic E-state index is -0.567. The maximum absolute atomic E-state index is 10.2. The molecule has 1 N–H and O–H groups in total. The fourth-order valence-electron chi connectivity index (χ4n) is 2.00. The van der Waals surface area contributed by atoms with Gasteiger partial charge < -0.3 is 9.52 Å². The molecule has 0 amide bonds. The third kappa shape index (κ3) is 2.17. The van der Waals surface area contributed by atoms with E-state index in [1.807, 2.05) is 36.4 Å². The Morgan fingerprint density at radius 1 is 1.12 bits per heavy atom. The molecule has 0 aliphatic carbocycles. The number of hydrogen-bond acceptors (Lipinski definition) is 2. The molecule has 16 heavy (non-hydrogen) atoms. The molecular weight excluding hydrogens is 200 g/mol. The van der Waals surface area contributed by atoms with E-state index in [1.165, 1.54) is 0 Å². The molecule has 1 aromatic carbocycles. The topological polar surface area (TPSA) is 33.4 Å². The number of aliphatic hydroxyl groups excluding tert-OH is 1. The third-order valence-corrected chi connectivity index (χ3v) is 2.88. The lowest BCUT2D eigenvalue weighted by Gasteiger charge is -2.20. The first-order valence-corrected chi connectivity index (χ1v) is 5.59. The van der Waals surface area contributed by atoms with Crippen molar-refractivity contribution >= 4 is 0 Å². The van der Waals surface area contributed by atoms with Crippen LogP contribution < -0.4 is 0 Å². The van der Waals surface area contributed by atoms with Gasteiger partial charge in [-0.15, -0.1) is 0 Å². The Labute approximate surface area is 95.5 Å². The van der Waals surface area contributed by atoms with Crippen LogP contribution in [0.25, 0.3) is 0 Å². The van der Waals surface area contributed by atoms with Crippen LogP contribution in [0, 0.1) is 0 Å². The van der Waals surface area contributed by atoms with Gasteiger partial charge in [0.2, 0.25) is 0 Å². The molecule has 2 unspecified atom stereocenters. The van der Waals surface area contributed by atoms with Crippen molar-refractivity contribution in [3.8, 4) is 0 Å². The SMILES string of the molecule is CCC(c1ccccc1)C(O)c1ccco1. The van der Waals surface area contributed by atoms with Gasteiger partial charge in [-0.1, -0.05) is 37.3 Å². The number of hydrogen-bond donors (Lipinski definition) is 1. The maximum Gasteiger partial charge on any atom is 0.132 e. The summed E-state index contributed by atoms with van der Waals surface area (Å²) in [5.74, 6) is 0.725. The predicted molar refractivity (Wildman–Crippen MR) is 63.1 cm³/mol. The molecule has 2 atom stereocenters. The molecule has 0 aliphatic rings. The van der Waals surface area contributed by atoms with Crippen LogP contribution in [0.15, 0.2) is 53.1 Å². The van der Waals surface area contributed by atoms with Crippen LogP contribution in [0.5, 0.6) is 0 Å². The van der Waals surface area contributed by atoms with Gasteiger partial charge in [-0.25, -0.2) is 0 Å². The van der Waals surface area contributed by atoms with Gasteiger partial charge in [-0.2, -0.15) is 0 Å². The zero-order valence-electron chi connectivity index (χ0n) is 9.34. The molecule has 0 saturated heterocycles. The Morgan fingerprint density at radius 2 is 1.88 bits per heavy atom. The van der Waals surface area contributed by atoms with Crippen LogP contribution in [0.1, 0.15) is 36.7 Å². The fraction of sp³-hybridized carbons (Fsp3) is 0.286. The van der Waals surface area contributed by atoms with Gasteiger partial charge >= 0.3 is 0 Å². The Morgan fingerprint density at radius 3 is 2.44 bits per heavy atom. The first-order chi connectivity index (χ1) is 7.83. The average molecular weight is 216 g/mol. The monoisotopic (exact) mass is 216 g/mol. The Bertz CT molecular complexity index is 406. The molecule has 0 bridgehead atoms. The number of benzene rings is 1. The van der Waals surface area contributed by atoms with Crippen molar-refractivity contribution in [1.82, 2.24) is 0 Å². The van der Waals surface area contributed by atoms with Gasteiger partial charge in [0.05, 0.1) is 6.26 Å². The van der Waals surface area contributed by atoms with E-state index in [4.69, 9.17) is 4.42 Å². The van der Waals surface area contributed by atoms with Crippen molar-refractivity contribution in [3.05, 3.63) is 60.1 Å². The minimum absolute atomic E-state index is 0.0901. The Hall–Kier alpha value is -1.54. The lowest BCUT2D eigenvalue weighted by molar-refractivity contribution is 0.117. The summed E-state index contributed by atoms with van der Waals surface area (Å²) in [6, 6.07) is 13.7. The van der Waals surface area contributed by atoms with Crippen molar-refractivity contribution in [1.29, 1.82) is 0 Å². The van der Waals surface area contributed by atoms with Crippen molar-refractivity contribution in [2.24, 2.45) is 0 Å². The van der Waals surface area contributed by atoms with Gasteiger partial charge in [-0.3, -0.25) is 0 Å². The Kier molecular flexibility index (Phi) is 3.42. The summed E-state index contributed by atoms with van der Waals surface area (Å²) in [5.41, 5.74) is 1.15. The van der Waals surface area contributed by atoms with E-state index in [2.05, 4.69) is 6.92 Å². The van der Waals surface area contributed by atoms with Crippen LogP contribution >= 0.6 is 0 Å². The van der Waals surface area contributed by atoms with Gasteiger partial charge in [0.1, 0.15) is 11.9 Å². The summed E-state index contributed by atoms with van der Waals surface area (Å²) in [4.78, 5) is 0. The summed E-state index contributed by atoms with van der Waals surface area (Å²) in [7, 11) is 0. The lowest BCUT2D eigenvalue weighted by atomic mass is 9.90. The van der Waals surface area contributed by atoms with Crippen LogP contribution in [0.3, 0.4) is 0 Å². The molecule has 0 fully saturated rings. The molecule has 0 radical (unpaired) electrons. The molecule has 0 spiro atoms. The highest BCUT2D eigenvalue weighted by Crippen LogP contribution is 2.33. The van der Waals surface area contributed by atoms with Crippen LogP contribution in [-0.2, 0) is 0 Å². The van der Waals surface area contributed by atoms with Crippen LogP contribution in [0.2, 0.25) is 0 Å². The highest BCUT2D eigenvalue weighted by atomic mass is 16.4. The quantitative estimate of drug-likeness (QED) is 0.848. The number of furan rings is 1. The number of rotatable bonds is 4. The first kappa shape index (κ1) is 11.0. The van der Waals surface area contributed by atoms with Crippen molar-refractivity contribution < 1.29 is 9.52 Å². The molecule has 84 valence electrons. The zero-order chi connectivity index (χ0) is 11.4. The van der Waals surface area contributed by atoms with E-state index in [0.29, 0.717) is 5.76 Å². The van der Waals surface area contributed by atoms with E-state index < -0.39 is 6.10 Å². The fourth-order valence-corrected chi connectivity index (χ4v) is 2.00. The molecule has 2 rings (SSSR count). The van der Waals surface area contributed by atoms with E-state index in [9.17, 15) is 5.11 Å². The molecule has 2 aromatic rings. The smallest absolute Gasteiger partial charge is 0.132 e.